The van der Waals surface area contributed by atoms with Crippen LogP contribution in [0, 0.1) is 0 Å². The van der Waals surface area contributed by atoms with Crippen LogP contribution in [0.15, 0.2) is 94.7 Å². The molecule has 4 rings (SSSR count). The molecule has 0 saturated carbocycles. The Hall–Kier alpha value is -3.58. The molecule has 0 radical (unpaired) electrons. The third kappa shape index (κ3) is 4.24. The first-order chi connectivity index (χ1) is 15.5. The number of rotatable bonds is 7. The van der Waals surface area contributed by atoms with Crippen LogP contribution >= 0.6 is 11.8 Å². The molecule has 1 heterocycles. The Morgan fingerprint density at radius 2 is 1.56 bits per heavy atom. The summed E-state index contributed by atoms with van der Waals surface area (Å²) in [4.78, 5) is 41.6. The van der Waals surface area contributed by atoms with Crippen LogP contribution in [0.1, 0.15) is 18.9 Å². The molecule has 1 atom stereocenters. The monoisotopic (exact) mass is 445 g/mol. The van der Waals surface area contributed by atoms with Gasteiger partial charge in [-0.1, -0.05) is 79.3 Å². The molecule has 0 spiro atoms. The van der Waals surface area contributed by atoms with Crippen molar-refractivity contribution in [3.8, 4) is 0 Å². The van der Waals surface area contributed by atoms with Crippen molar-refractivity contribution in [2.24, 2.45) is 0 Å². The molecular formula is C25H23N3O3S. The number of carbonyl (C=O) groups is 3. The number of benzene rings is 3. The lowest BCUT2D eigenvalue weighted by molar-refractivity contribution is -0.134. The van der Waals surface area contributed by atoms with Crippen LogP contribution in [0.5, 0.6) is 0 Å². The molecule has 1 fully saturated rings. The highest BCUT2D eigenvalue weighted by Gasteiger charge is 2.51. The fourth-order valence-electron chi connectivity index (χ4n) is 3.74. The lowest BCUT2D eigenvalue weighted by Crippen LogP contribution is -2.44. The van der Waals surface area contributed by atoms with Gasteiger partial charge in [-0.05, 0) is 36.2 Å². The van der Waals surface area contributed by atoms with Gasteiger partial charge >= 0.3 is 6.03 Å². The van der Waals surface area contributed by atoms with Crippen molar-refractivity contribution in [2.75, 3.05) is 11.9 Å². The molecule has 4 amide bonds. The molecule has 1 unspecified atom stereocenters. The van der Waals surface area contributed by atoms with Crippen LogP contribution < -0.4 is 10.6 Å². The van der Waals surface area contributed by atoms with E-state index in [-0.39, 0.29) is 6.54 Å². The highest BCUT2D eigenvalue weighted by atomic mass is 32.2. The normalized spacial score (nSPS) is 17.8. The number of nitrogens with one attached hydrogen (secondary N) is 2. The van der Waals surface area contributed by atoms with Crippen molar-refractivity contribution in [2.45, 2.75) is 28.7 Å². The average molecular weight is 446 g/mol. The van der Waals surface area contributed by atoms with Crippen LogP contribution in [0.25, 0.3) is 0 Å². The summed E-state index contributed by atoms with van der Waals surface area (Å²) < 4.78 is 0. The van der Waals surface area contributed by atoms with E-state index in [1.54, 1.807) is 6.07 Å². The molecule has 2 N–H and O–H groups in total. The summed E-state index contributed by atoms with van der Waals surface area (Å²) >= 11 is 1.53. The van der Waals surface area contributed by atoms with Crippen molar-refractivity contribution in [1.82, 2.24) is 10.2 Å². The van der Waals surface area contributed by atoms with E-state index in [4.69, 9.17) is 0 Å². The van der Waals surface area contributed by atoms with Gasteiger partial charge in [-0.25, -0.2) is 4.79 Å². The second-order valence-corrected chi connectivity index (χ2v) is 8.52. The predicted molar refractivity (Wildman–Crippen MR) is 124 cm³/mol. The topological polar surface area (TPSA) is 78.5 Å². The summed E-state index contributed by atoms with van der Waals surface area (Å²) in [5, 5.41) is 5.65. The van der Waals surface area contributed by atoms with Crippen molar-refractivity contribution in [3.05, 3.63) is 90.5 Å². The first-order valence-corrected chi connectivity index (χ1v) is 11.2. The fourth-order valence-corrected chi connectivity index (χ4v) is 4.66. The van der Waals surface area contributed by atoms with Gasteiger partial charge in [-0.3, -0.25) is 14.5 Å². The molecule has 1 aliphatic heterocycles. The lowest BCUT2D eigenvalue weighted by atomic mass is 9.87. The van der Waals surface area contributed by atoms with E-state index in [9.17, 15) is 14.4 Å². The van der Waals surface area contributed by atoms with Gasteiger partial charge in [0.15, 0.2) is 0 Å². The van der Waals surface area contributed by atoms with E-state index in [0.717, 1.165) is 14.7 Å². The highest BCUT2D eigenvalue weighted by Crippen LogP contribution is 2.34. The van der Waals surface area contributed by atoms with Crippen LogP contribution in [0.2, 0.25) is 0 Å². The molecule has 0 bridgehead atoms. The maximum Gasteiger partial charge on any atom is 0.325 e. The van der Waals surface area contributed by atoms with E-state index >= 15 is 0 Å². The molecule has 7 heteroatoms. The third-order valence-corrected chi connectivity index (χ3v) is 6.49. The predicted octanol–water partition coefficient (Wildman–Crippen LogP) is 4.63. The largest absolute Gasteiger partial charge is 0.325 e. The van der Waals surface area contributed by atoms with E-state index < -0.39 is 23.4 Å². The van der Waals surface area contributed by atoms with Gasteiger partial charge in [0.1, 0.15) is 12.1 Å². The van der Waals surface area contributed by atoms with Gasteiger partial charge in [0.05, 0.1) is 5.69 Å². The van der Waals surface area contributed by atoms with Gasteiger partial charge in [-0.2, -0.15) is 0 Å². The summed E-state index contributed by atoms with van der Waals surface area (Å²) in [6.45, 7) is 1.48. The molecule has 32 heavy (non-hydrogen) atoms. The zero-order chi connectivity index (χ0) is 22.6. The van der Waals surface area contributed by atoms with Gasteiger partial charge in [0.2, 0.25) is 5.91 Å². The number of para-hydroxylation sites is 1. The second-order valence-electron chi connectivity index (χ2n) is 7.41. The zero-order valence-electron chi connectivity index (χ0n) is 17.6. The Balaban J connectivity index is 1.49. The minimum Gasteiger partial charge on any atom is -0.323 e. The van der Waals surface area contributed by atoms with E-state index in [1.165, 1.54) is 11.8 Å². The second kappa shape index (κ2) is 9.28. The summed E-state index contributed by atoms with van der Waals surface area (Å²) in [7, 11) is 0. The van der Waals surface area contributed by atoms with Crippen LogP contribution in [-0.4, -0.2) is 29.3 Å². The fraction of sp³-hybridized carbons (Fsp3) is 0.160. The van der Waals surface area contributed by atoms with Crippen molar-refractivity contribution in [1.29, 1.82) is 0 Å². The molecule has 3 aromatic carbocycles. The van der Waals surface area contributed by atoms with Crippen molar-refractivity contribution in [3.63, 3.8) is 0 Å². The first-order valence-electron chi connectivity index (χ1n) is 10.3. The van der Waals surface area contributed by atoms with E-state index in [1.807, 2.05) is 85.8 Å². The molecule has 0 aliphatic carbocycles. The SMILES string of the molecule is CCC1(c2ccccc2)NC(=O)N(CC(=O)Nc2ccccc2Sc2ccccc2)C1=O. The Morgan fingerprint density at radius 3 is 2.25 bits per heavy atom. The quantitative estimate of drug-likeness (QED) is 0.520. The maximum absolute atomic E-state index is 13.2. The van der Waals surface area contributed by atoms with E-state index in [2.05, 4.69) is 10.6 Å². The Labute approximate surface area is 191 Å². The summed E-state index contributed by atoms with van der Waals surface area (Å²) in [5.74, 6) is -0.854. The van der Waals surface area contributed by atoms with Gasteiger partial charge < -0.3 is 10.6 Å². The number of urea groups is 1. The molecule has 1 saturated heterocycles. The number of amides is 4. The number of hydrogen-bond acceptors (Lipinski definition) is 4. The minimum absolute atomic E-state index is 0.358. The Morgan fingerprint density at radius 1 is 0.938 bits per heavy atom. The van der Waals surface area contributed by atoms with Crippen molar-refractivity contribution < 1.29 is 14.4 Å². The highest BCUT2D eigenvalue weighted by molar-refractivity contribution is 7.99. The molecular weight excluding hydrogens is 422 g/mol. The van der Waals surface area contributed by atoms with Crippen LogP contribution in [-0.2, 0) is 15.1 Å². The molecule has 0 aromatic heterocycles. The Bertz CT molecular complexity index is 1140. The number of hydrogen-bond donors (Lipinski definition) is 2. The van der Waals surface area contributed by atoms with Crippen LogP contribution in [0.4, 0.5) is 10.5 Å². The number of carbonyl (C=O) groups excluding carboxylic acids is 3. The average Bonchev–Trinajstić information content (AvgIpc) is 3.07. The van der Waals surface area contributed by atoms with Gasteiger partial charge in [0, 0.05) is 9.79 Å². The van der Waals surface area contributed by atoms with Crippen LogP contribution in [0.3, 0.4) is 0 Å². The minimum atomic E-state index is -1.15. The molecule has 6 nitrogen and oxygen atoms in total. The molecule has 1 aliphatic rings. The van der Waals surface area contributed by atoms with E-state index in [0.29, 0.717) is 17.7 Å². The van der Waals surface area contributed by atoms with Gasteiger partial charge in [0.25, 0.3) is 5.91 Å². The number of imide groups is 1. The number of nitrogens with zero attached hydrogens (tertiary/aromatic N) is 1. The maximum atomic E-state index is 13.2. The standard InChI is InChI=1S/C25H23N3O3S/c1-2-25(18-11-5-3-6-12-18)23(30)28(24(31)27-25)17-22(29)26-20-15-9-10-16-21(20)32-19-13-7-4-8-14-19/h3-16H,2,17H2,1H3,(H,26,29)(H,27,31). The smallest absolute Gasteiger partial charge is 0.323 e. The summed E-state index contributed by atoms with van der Waals surface area (Å²) in [6.07, 6.45) is 0.385. The molecule has 3 aromatic rings. The zero-order valence-corrected chi connectivity index (χ0v) is 18.4. The molecule has 162 valence electrons. The number of anilines is 1. The lowest BCUT2D eigenvalue weighted by Gasteiger charge is -2.25. The third-order valence-electron chi connectivity index (χ3n) is 5.41. The Kier molecular flexibility index (Phi) is 6.28. The summed E-state index contributed by atoms with van der Waals surface area (Å²) in [6, 6.07) is 25.8. The summed E-state index contributed by atoms with van der Waals surface area (Å²) in [5.41, 5.74) is 0.177. The van der Waals surface area contributed by atoms with Gasteiger partial charge in [-0.15, -0.1) is 0 Å². The first kappa shape index (κ1) is 21.6. The van der Waals surface area contributed by atoms with Crippen molar-refractivity contribution >= 4 is 35.3 Å².